The van der Waals surface area contributed by atoms with Crippen molar-refractivity contribution in [1.82, 2.24) is 25.4 Å². The number of rotatable bonds is 15. The highest BCUT2D eigenvalue weighted by Crippen LogP contribution is 2.28. The monoisotopic (exact) mass is 684 g/mol. The number of amides is 4. The minimum atomic E-state index is -0.764. The number of unbranched alkanes of at least 4 members (excludes halogenated alkanes) is 2. The molecule has 2 heterocycles. The van der Waals surface area contributed by atoms with Crippen LogP contribution in [-0.4, -0.2) is 82.5 Å². The number of aromatic nitrogens is 1. The quantitative estimate of drug-likeness (QED) is 0.213. The van der Waals surface area contributed by atoms with Gasteiger partial charge >= 0.3 is 6.09 Å². The van der Waals surface area contributed by atoms with E-state index >= 15 is 0 Å². The Bertz CT molecular complexity index is 1360. The third-order valence-corrected chi connectivity index (χ3v) is 9.28. The highest BCUT2D eigenvalue weighted by Gasteiger charge is 2.41. The molecule has 11 nitrogen and oxygen atoms in total. The van der Waals surface area contributed by atoms with Gasteiger partial charge in [-0.1, -0.05) is 51.5 Å². The standard InChI is InChI=1S/C36H56N6O5S/c1-25-30(48-24-39-25)27-17-15-26(16-18-27)23-38-32(44)28-13-11-22-42(28)33(45)31(35(2,3)4)40-29(43)14-9-8-10-20-41(21-12-19-37)34(46)47-36(5,6)7/h15-18,24,28,31H,8-14,19-23,37H2,1-7H3,(H,38,44)(H,40,43). The molecule has 2 unspecified atom stereocenters. The fraction of sp³-hybridized carbons (Fsp3) is 0.639. The number of benzene rings is 1. The number of hydrogen-bond acceptors (Lipinski definition) is 8. The first-order valence-electron chi connectivity index (χ1n) is 17.2. The van der Waals surface area contributed by atoms with E-state index in [1.807, 2.05) is 78.2 Å². The van der Waals surface area contributed by atoms with Crippen molar-refractivity contribution < 1.29 is 23.9 Å². The molecule has 0 saturated carbocycles. The van der Waals surface area contributed by atoms with Gasteiger partial charge < -0.3 is 30.9 Å². The van der Waals surface area contributed by atoms with Crippen LogP contribution < -0.4 is 16.4 Å². The lowest BCUT2D eigenvalue weighted by atomic mass is 9.85. The fourth-order valence-corrected chi connectivity index (χ4v) is 6.49. The Hall–Kier alpha value is -3.51. The zero-order valence-electron chi connectivity index (χ0n) is 29.9. The first-order chi connectivity index (χ1) is 22.6. The van der Waals surface area contributed by atoms with E-state index in [2.05, 4.69) is 15.6 Å². The highest BCUT2D eigenvalue weighted by atomic mass is 32.1. The van der Waals surface area contributed by atoms with Crippen molar-refractivity contribution in [3.8, 4) is 10.4 Å². The molecule has 1 saturated heterocycles. The minimum Gasteiger partial charge on any atom is -0.444 e. The Kier molecular flexibility index (Phi) is 14.4. The molecule has 2 aromatic rings. The molecule has 266 valence electrons. The summed E-state index contributed by atoms with van der Waals surface area (Å²) in [6, 6.07) is 6.72. The maximum absolute atomic E-state index is 13.9. The predicted octanol–water partition coefficient (Wildman–Crippen LogP) is 5.40. The molecule has 4 amide bonds. The molecule has 0 aliphatic carbocycles. The van der Waals surface area contributed by atoms with Crippen LogP contribution in [0.1, 0.15) is 97.7 Å². The summed E-state index contributed by atoms with van der Waals surface area (Å²) in [5, 5.41) is 6.00. The van der Waals surface area contributed by atoms with Gasteiger partial charge in [0.2, 0.25) is 17.7 Å². The Balaban J connectivity index is 1.50. The number of carbonyl (C=O) groups excluding carboxylic acids is 4. The number of ether oxygens (including phenoxy) is 1. The lowest BCUT2D eigenvalue weighted by molar-refractivity contribution is -0.143. The second kappa shape index (κ2) is 17.8. The van der Waals surface area contributed by atoms with Crippen LogP contribution in [0.25, 0.3) is 10.4 Å². The van der Waals surface area contributed by atoms with Crippen LogP contribution in [0.5, 0.6) is 0 Å². The highest BCUT2D eigenvalue weighted by molar-refractivity contribution is 7.13. The summed E-state index contributed by atoms with van der Waals surface area (Å²) >= 11 is 1.60. The van der Waals surface area contributed by atoms with Crippen molar-refractivity contribution in [2.45, 2.75) is 118 Å². The molecule has 1 aromatic carbocycles. The number of nitrogens with zero attached hydrogens (tertiary/aromatic N) is 3. The summed E-state index contributed by atoms with van der Waals surface area (Å²) in [5.41, 5.74) is 9.42. The van der Waals surface area contributed by atoms with E-state index < -0.39 is 23.1 Å². The van der Waals surface area contributed by atoms with E-state index in [9.17, 15) is 19.2 Å². The first-order valence-corrected chi connectivity index (χ1v) is 18.0. The number of likely N-dealkylation sites (tertiary alicyclic amines) is 1. The molecular formula is C36H56N6O5S. The van der Waals surface area contributed by atoms with Crippen LogP contribution in [-0.2, 0) is 25.7 Å². The van der Waals surface area contributed by atoms with Gasteiger partial charge in [0.05, 0.1) is 16.1 Å². The molecular weight excluding hydrogens is 628 g/mol. The summed E-state index contributed by atoms with van der Waals surface area (Å²) in [6.45, 7) is 15.6. The van der Waals surface area contributed by atoms with E-state index in [1.165, 1.54) is 0 Å². The molecule has 0 radical (unpaired) electrons. The summed E-state index contributed by atoms with van der Waals surface area (Å²) < 4.78 is 5.53. The number of nitrogens with one attached hydrogen (secondary N) is 2. The molecule has 4 N–H and O–H groups in total. The summed E-state index contributed by atoms with van der Waals surface area (Å²) in [7, 11) is 0. The summed E-state index contributed by atoms with van der Waals surface area (Å²) in [4.78, 5) is 61.6. The fourth-order valence-electron chi connectivity index (χ4n) is 5.68. The number of thiazole rings is 1. The average Bonchev–Trinajstić information content (AvgIpc) is 3.68. The molecule has 3 rings (SSSR count). The van der Waals surface area contributed by atoms with Gasteiger partial charge in [-0.05, 0) is 82.9 Å². The Morgan fingerprint density at radius 1 is 1.04 bits per heavy atom. The van der Waals surface area contributed by atoms with Crippen LogP contribution >= 0.6 is 11.3 Å². The molecule has 2 atom stereocenters. The van der Waals surface area contributed by atoms with E-state index in [4.69, 9.17) is 10.5 Å². The van der Waals surface area contributed by atoms with Crippen LogP contribution in [0.15, 0.2) is 29.8 Å². The molecule has 12 heteroatoms. The maximum Gasteiger partial charge on any atom is 0.410 e. The zero-order chi connectivity index (χ0) is 35.5. The van der Waals surface area contributed by atoms with E-state index in [0.717, 1.165) is 41.0 Å². The van der Waals surface area contributed by atoms with Crippen molar-refractivity contribution in [2.75, 3.05) is 26.2 Å². The molecule has 0 spiro atoms. The zero-order valence-corrected chi connectivity index (χ0v) is 30.7. The smallest absolute Gasteiger partial charge is 0.410 e. The van der Waals surface area contributed by atoms with E-state index in [0.29, 0.717) is 52.0 Å². The normalized spacial score (nSPS) is 15.6. The summed E-state index contributed by atoms with van der Waals surface area (Å²) in [5.74, 6) is -0.618. The van der Waals surface area contributed by atoms with Gasteiger partial charge in [-0.25, -0.2) is 9.78 Å². The number of hydrogen-bond donors (Lipinski definition) is 3. The Morgan fingerprint density at radius 2 is 1.73 bits per heavy atom. The van der Waals surface area contributed by atoms with Crippen LogP contribution in [0.3, 0.4) is 0 Å². The van der Waals surface area contributed by atoms with Gasteiger partial charge in [-0.3, -0.25) is 14.4 Å². The SMILES string of the molecule is Cc1ncsc1-c1ccc(CNC(=O)C2CCCN2C(=O)C(NC(=O)CCCCCN(CCCN)C(=O)OC(C)(C)C)C(C)(C)C)cc1. The van der Waals surface area contributed by atoms with Gasteiger partial charge in [-0.15, -0.1) is 11.3 Å². The number of aryl methyl sites for hydroxylation is 1. The van der Waals surface area contributed by atoms with Crippen molar-refractivity contribution in [3.05, 3.63) is 41.0 Å². The topological polar surface area (TPSA) is 147 Å². The molecule has 0 bridgehead atoms. The first kappa shape index (κ1) is 38.9. The van der Waals surface area contributed by atoms with Crippen molar-refractivity contribution >= 4 is 35.2 Å². The van der Waals surface area contributed by atoms with E-state index in [-0.39, 0.29) is 30.2 Å². The number of carbonyl (C=O) groups is 4. The van der Waals surface area contributed by atoms with Crippen LogP contribution in [0.4, 0.5) is 4.79 Å². The summed E-state index contributed by atoms with van der Waals surface area (Å²) in [6.07, 6.45) is 3.98. The third kappa shape index (κ3) is 11.9. The van der Waals surface area contributed by atoms with Gasteiger partial charge in [-0.2, -0.15) is 0 Å². The maximum atomic E-state index is 13.9. The number of nitrogens with two attached hydrogens (primary N) is 1. The third-order valence-electron chi connectivity index (χ3n) is 8.30. The molecule has 1 aliphatic rings. The van der Waals surface area contributed by atoms with E-state index in [1.54, 1.807) is 21.1 Å². The van der Waals surface area contributed by atoms with Gasteiger partial charge in [0.1, 0.15) is 17.7 Å². The Morgan fingerprint density at radius 3 is 2.33 bits per heavy atom. The second-order valence-electron chi connectivity index (χ2n) is 14.7. The predicted molar refractivity (Wildman–Crippen MR) is 190 cm³/mol. The molecule has 1 aliphatic heterocycles. The largest absolute Gasteiger partial charge is 0.444 e. The van der Waals surface area contributed by atoms with Crippen molar-refractivity contribution in [2.24, 2.45) is 11.1 Å². The minimum absolute atomic E-state index is 0.186. The average molecular weight is 685 g/mol. The van der Waals surface area contributed by atoms with Crippen LogP contribution in [0.2, 0.25) is 0 Å². The second-order valence-corrected chi connectivity index (χ2v) is 15.5. The van der Waals surface area contributed by atoms with Crippen LogP contribution in [0, 0.1) is 12.3 Å². The lowest BCUT2D eigenvalue weighted by Crippen LogP contribution is -2.57. The van der Waals surface area contributed by atoms with Gasteiger partial charge in [0.25, 0.3) is 0 Å². The van der Waals surface area contributed by atoms with Gasteiger partial charge in [0, 0.05) is 32.6 Å². The molecule has 1 aromatic heterocycles. The molecule has 1 fully saturated rings. The van der Waals surface area contributed by atoms with Gasteiger partial charge in [0.15, 0.2) is 0 Å². The lowest BCUT2D eigenvalue weighted by Gasteiger charge is -2.35. The molecule has 48 heavy (non-hydrogen) atoms. The van der Waals surface area contributed by atoms with Crippen molar-refractivity contribution in [1.29, 1.82) is 0 Å². The van der Waals surface area contributed by atoms with Crippen molar-refractivity contribution in [3.63, 3.8) is 0 Å². The Labute approximate surface area is 290 Å².